The quantitative estimate of drug-likeness (QED) is 0.864. The fourth-order valence-electron chi connectivity index (χ4n) is 3.63. The van der Waals surface area contributed by atoms with E-state index >= 15 is 0 Å². The van der Waals surface area contributed by atoms with Gasteiger partial charge in [0.1, 0.15) is 0 Å². The lowest BCUT2D eigenvalue weighted by molar-refractivity contribution is -0.140. The molecular weight excluding hydrogens is 306 g/mol. The molecule has 1 aromatic carbocycles. The van der Waals surface area contributed by atoms with Crippen molar-refractivity contribution in [3.05, 3.63) is 34.9 Å². The van der Waals surface area contributed by atoms with E-state index in [-0.39, 0.29) is 18.1 Å². The number of aryl methyl sites for hydroxylation is 1. The van der Waals surface area contributed by atoms with Crippen LogP contribution in [0.2, 0.25) is 0 Å². The van der Waals surface area contributed by atoms with E-state index in [0.29, 0.717) is 24.4 Å². The molecule has 0 aliphatic carbocycles. The number of esters is 1. The third-order valence-corrected chi connectivity index (χ3v) is 5.08. The average Bonchev–Trinajstić information content (AvgIpc) is 2.83. The molecule has 1 aromatic rings. The molecule has 5 nitrogen and oxygen atoms in total. The normalized spacial score (nSPS) is 32.2. The molecule has 0 spiro atoms. The Labute approximate surface area is 142 Å². The number of rotatable bonds is 3. The molecule has 24 heavy (non-hydrogen) atoms. The van der Waals surface area contributed by atoms with Crippen LogP contribution in [-0.4, -0.2) is 36.2 Å². The van der Waals surface area contributed by atoms with Crippen molar-refractivity contribution in [2.24, 2.45) is 5.92 Å². The van der Waals surface area contributed by atoms with Crippen LogP contribution in [0.4, 0.5) is 0 Å². The summed E-state index contributed by atoms with van der Waals surface area (Å²) in [5.41, 5.74) is 1.27. The van der Waals surface area contributed by atoms with Crippen LogP contribution in [0.3, 0.4) is 0 Å². The smallest absolute Gasteiger partial charge is 0.339 e. The first kappa shape index (κ1) is 17.0. The number of carbonyl (C=O) groups excluding carboxylic acids is 2. The molecule has 2 aliphatic heterocycles. The van der Waals surface area contributed by atoms with E-state index < -0.39 is 11.6 Å². The van der Waals surface area contributed by atoms with E-state index in [9.17, 15) is 9.59 Å². The molecule has 5 heteroatoms. The van der Waals surface area contributed by atoms with Crippen LogP contribution in [0.1, 0.15) is 48.7 Å². The number of carbonyl (C=O) groups is 2. The summed E-state index contributed by atoms with van der Waals surface area (Å²) >= 11 is 0. The molecule has 0 radical (unpaired) electrons. The highest BCUT2D eigenvalue weighted by Gasteiger charge is 2.43. The molecule has 0 saturated carbocycles. The lowest BCUT2D eigenvalue weighted by atomic mass is 9.88. The van der Waals surface area contributed by atoms with E-state index in [1.165, 1.54) is 0 Å². The minimum absolute atomic E-state index is 0.130. The van der Waals surface area contributed by atoms with E-state index in [1.807, 2.05) is 39.0 Å². The van der Waals surface area contributed by atoms with E-state index in [1.54, 1.807) is 6.92 Å². The van der Waals surface area contributed by atoms with Crippen LogP contribution in [0.25, 0.3) is 0 Å². The van der Waals surface area contributed by atoms with Gasteiger partial charge in [-0.1, -0.05) is 17.7 Å². The fraction of sp³-hybridized carbons (Fsp3) is 0.579. The lowest BCUT2D eigenvalue weighted by Crippen LogP contribution is -2.52. The second-order valence-corrected chi connectivity index (χ2v) is 7.32. The molecule has 1 N–H and O–H groups in total. The van der Waals surface area contributed by atoms with Crippen LogP contribution in [-0.2, 0) is 20.7 Å². The summed E-state index contributed by atoms with van der Waals surface area (Å²) in [5, 5.41) is 2.95. The molecule has 2 aliphatic rings. The second kappa shape index (κ2) is 6.20. The maximum atomic E-state index is 12.7. The Hall–Kier alpha value is -1.88. The predicted molar refractivity (Wildman–Crippen MR) is 89.8 cm³/mol. The first-order valence-corrected chi connectivity index (χ1v) is 8.55. The second-order valence-electron chi connectivity index (χ2n) is 7.32. The molecule has 4 unspecified atom stereocenters. The first-order chi connectivity index (χ1) is 11.3. The highest BCUT2D eigenvalue weighted by Crippen LogP contribution is 2.30. The zero-order valence-electron chi connectivity index (χ0n) is 14.7. The number of hydrogen-bond donors (Lipinski definition) is 1. The summed E-state index contributed by atoms with van der Waals surface area (Å²) in [6.07, 6.45) is 1.68. The van der Waals surface area contributed by atoms with E-state index in [0.717, 1.165) is 17.5 Å². The van der Waals surface area contributed by atoms with Crippen molar-refractivity contribution in [2.45, 2.75) is 58.3 Å². The monoisotopic (exact) mass is 331 g/mol. The van der Waals surface area contributed by atoms with Crippen LogP contribution in [0, 0.1) is 12.8 Å². The average molecular weight is 331 g/mol. The van der Waals surface area contributed by atoms with Crippen molar-refractivity contribution in [1.82, 2.24) is 5.32 Å². The zero-order valence-corrected chi connectivity index (χ0v) is 14.7. The van der Waals surface area contributed by atoms with Gasteiger partial charge in [-0.25, -0.2) is 4.79 Å². The molecule has 4 atom stereocenters. The maximum Gasteiger partial charge on any atom is 0.339 e. The van der Waals surface area contributed by atoms with Gasteiger partial charge in [0.15, 0.2) is 5.60 Å². The Morgan fingerprint density at radius 2 is 2.12 bits per heavy atom. The molecule has 0 bridgehead atoms. The third kappa shape index (κ3) is 3.18. The predicted octanol–water partition coefficient (Wildman–Crippen LogP) is 2.40. The van der Waals surface area contributed by atoms with E-state index in [2.05, 4.69) is 5.32 Å². The van der Waals surface area contributed by atoms with Crippen LogP contribution in [0.5, 0.6) is 0 Å². The van der Waals surface area contributed by atoms with Gasteiger partial charge in [0.2, 0.25) is 0 Å². The van der Waals surface area contributed by atoms with Crippen LogP contribution in [0.15, 0.2) is 18.2 Å². The molecule has 2 heterocycles. The highest BCUT2D eigenvalue weighted by molar-refractivity contribution is 5.97. The highest BCUT2D eigenvalue weighted by atomic mass is 16.6. The summed E-state index contributed by atoms with van der Waals surface area (Å²) in [5.74, 6) is -0.376. The fourth-order valence-corrected chi connectivity index (χ4v) is 3.63. The Bertz CT molecular complexity index is 671. The van der Waals surface area contributed by atoms with Crippen LogP contribution < -0.4 is 5.32 Å². The van der Waals surface area contributed by atoms with Crippen molar-refractivity contribution in [1.29, 1.82) is 0 Å². The summed E-state index contributed by atoms with van der Waals surface area (Å²) in [6, 6.07) is 5.67. The number of hydrogen-bond acceptors (Lipinski definition) is 4. The first-order valence-electron chi connectivity index (χ1n) is 8.55. The standard InChI is InChI=1S/C19H25NO4/c1-11-5-6-14-9-19(4,24-17(21)16(14)7-11)18(22)20-10-15-8-12(2)23-13(15)3/h5-7,12-13,15H,8-10H2,1-4H3,(H,20,22). The van der Waals surface area contributed by atoms with Crippen molar-refractivity contribution >= 4 is 11.9 Å². The molecule has 1 saturated heterocycles. The molecule has 3 rings (SSSR count). The number of ether oxygens (including phenoxy) is 2. The van der Waals surface area contributed by atoms with Gasteiger partial charge >= 0.3 is 5.97 Å². The minimum Gasteiger partial charge on any atom is -0.445 e. The minimum atomic E-state index is -1.16. The summed E-state index contributed by atoms with van der Waals surface area (Å²) in [4.78, 5) is 24.9. The van der Waals surface area contributed by atoms with Gasteiger partial charge in [0, 0.05) is 18.9 Å². The summed E-state index contributed by atoms with van der Waals surface area (Å²) in [6.45, 7) is 8.22. The van der Waals surface area contributed by atoms with Gasteiger partial charge in [-0.05, 0) is 45.7 Å². The maximum absolute atomic E-state index is 12.7. The molecular formula is C19H25NO4. The molecule has 130 valence electrons. The molecule has 0 aromatic heterocycles. The van der Waals surface area contributed by atoms with Crippen molar-refractivity contribution in [2.75, 3.05) is 6.54 Å². The SMILES string of the molecule is Cc1ccc2c(c1)C(=O)OC(C)(C(=O)NCC1CC(C)OC1C)C2. The van der Waals surface area contributed by atoms with Gasteiger partial charge in [-0.15, -0.1) is 0 Å². The summed E-state index contributed by atoms with van der Waals surface area (Å²) < 4.78 is 11.2. The Balaban J connectivity index is 1.68. The number of fused-ring (bicyclic) bond motifs is 1. The number of cyclic esters (lactones) is 1. The number of nitrogens with one attached hydrogen (secondary N) is 1. The Kier molecular flexibility index (Phi) is 4.38. The topological polar surface area (TPSA) is 64.6 Å². The third-order valence-electron chi connectivity index (χ3n) is 5.08. The van der Waals surface area contributed by atoms with Gasteiger partial charge in [-0.2, -0.15) is 0 Å². The van der Waals surface area contributed by atoms with Crippen molar-refractivity contribution in [3.8, 4) is 0 Å². The van der Waals surface area contributed by atoms with Gasteiger partial charge < -0.3 is 14.8 Å². The van der Waals surface area contributed by atoms with Crippen LogP contribution >= 0.6 is 0 Å². The summed E-state index contributed by atoms with van der Waals surface area (Å²) in [7, 11) is 0. The number of amides is 1. The van der Waals surface area contributed by atoms with Crippen molar-refractivity contribution < 1.29 is 19.1 Å². The van der Waals surface area contributed by atoms with Gasteiger partial charge in [0.25, 0.3) is 5.91 Å². The molecule has 1 amide bonds. The Morgan fingerprint density at radius 3 is 2.79 bits per heavy atom. The lowest BCUT2D eigenvalue weighted by Gasteiger charge is -2.33. The van der Waals surface area contributed by atoms with E-state index in [4.69, 9.17) is 9.47 Å². The largest absolute Gasteiger partial charge is 0.445 e. The zero-order chi connectivity index (χ0) is 17.5. The number of benzene rings is 1. The van der Waals surface area contributed by atoms with Gasteiger partial charge in [0.05, 0.1) is 17.8 Å². The van der Waals surface area contributed by atoms with Gasteiger partial charge in [-0.3, -0.25) is 4.79 Å². The Morgan fingerprint density at radius 1 is 1.38 bits per heavy atom. The molecule has 1 fully saturated rings. The van der Waals surface area contributed by atoms with Crippen molar-refractivity contribution in [3.63, 3.8) is 0 Å².